The summed E-state index contributed by atoms with van der Waals surface area (Å²) in [6, 6.07) is 6.88. The van der Waals surface area contributed by atoms with E-state index in [1.807, 2.05) is 0 Å². The van der Waals surface area contributed by atoms with Gasteiger partial charge < -0.3 is 9.71 Å². The van der Waals surface area contributed by atoms with Gasteiger partial charge in [0.05, 0.1) is 31.4 Å². The van der Waals surface area contributed by atoms with Gasteiger partial charge in [0, 0.05) is 22.7 Å². The van der Waals surface area contributed by atoms with E-state index in [0.29, 0.717) is 5.56 Å². The molecule has 176 valence electrons. The van der Waals surface area contributed by atoms with Crippen molar-refractivity contribution in [3.8, 4) is 0 Å². The first kappa shape index (κ1) is 27.0. The molecule has 2 aliphatic heterocycles. The fourth-order valence-electron chi connectivity index (χ4n) is 4.23. The second-order valence-corrected chi connectivity index (χ2v) is 9.22. The van der Waals surface area contributed by atoms with Crippen molar-refractivity contribution in [2.45, 2.75) is 35.5 Å². The molecule has 2 aromatic rings. The van der Waals surface area contributed by atoms with Crippen LogP contribution in [0.25, 0.3) is 0 Å². The highest BCUT2D eigenvalue weighted by molar-refractivity contribution is 6.43. The van der Waals surface area contributed by atoms with Gasteiger partial charge in [-0.05, 0) is 46.3 Å². The van der Waals surface area contributed by atoms with Gasteiger partial charge in [0.2, 0.25) is 19.8 Å². The fraction of sp³-hybridized carbons (Fsp3) is 0.273. The molecule has 1 fully saturated rings. The van der Waals surface area contributed by atoms with Crippen LogP contribution in [0.2, 0.25) is 16.7 Å². The number of carbonyl (C=O) groups excluding carboxylic acids is 4. The van der Waals surface area contributed by atoms with Crippen molar-refractivity contribution in [3.05, 3.63) is 69.7 Å². The number of fused-ring (bicyclic) bond motifs is 1. The van der Waals surface area contributed by atoms with E-state index in [4.69, 9.17) is 51.0 Å². The minimum absolute atomic E-state index is 0.00695. The summed E-state index contributed by atoms with van der Waals surface area (Å²) in [7, 11) is 29.5. The number of imide groups is 1. The van der Waals surface area contributed by atoms with Crippen LogP contribution in [-0.2, 0) is 32.2 Å². The number of alkyl halides is 2. The number of piperidine rings is 1. The molecule has 1 N–H and O–H groups in total. The molecule has 4 rings (SSSR count). The first-order chi connectivity index (χ1) is 17.2. The molecule has 37 heavy (non-hydrogen) atoms. The highest BCUT2D eigenvalue weighted by Gasteiger charge is 2.47. The van der Waals surface area contributed by atoms with Gasteiger partial charge in [0.15, 0.2) is 0 Å². The third-order valence-electron chi connectivity index (χ3n) is 6.43. The summed E-state index contributed by atoms with van der Waals surface area (Å²) in [4.78, 5) is 50.9. The summed E-state index contributed by atoms with van der Waals surface area (Å²) < 4.78 is 29.8. The van der Waals surface area contributed by atoms with Crippen LogP contribution in [-0.4, -0.2) is 78.7 Å². The van der Waals surface area contributed by atoms with Crippen LogP contribution < -0.4 is 5.32 Å². The summed E-state index contributed by atoms with van der Waals surface area (Å²) >= 11 is 5.72. The van der Waals surface area contributed by atoms with Crippen molar-refractivity contribution in [3.63, 3.8) is 0 Å². The Hall–Kier alpha value is -3.01. The monoisotopic (exact) mass is 511 g/mol. The quantitative estimate of drug-likeness (QED) is 0.466. The maximum Gasteiger partial charge on any atom is 0.348 e. The number of nitrogens with zero attached hydrogens (tertiary/aromatic N) is 2. The number of carbonyl (C=O) groups is 4. The van der Waals surface area contributed by atoms with E-state index in [2.05, 4.69) is 5.32 Å². The molecule has 10 radical (unpaired) electrons. The average molecular weight is 511 g/mol. The highest BCUT2D eigenvalue weighted by Crippen LogP contribution is 2.37. The fourth-order valence-corrected chi connectivity index (χ4v) is 4.36. The Labute approximate surface area is 222 Å². The zero-order chi connectivity index (χ0) is 27.4. The number of hydrogen-bond acceptors (Lipinski definition) is 4. The lowest BCUT2D eigenvalue weighted by molar-refractivity contribution is -0.155. The van der Waals surface area contributed by atoms with Gasteiger partial charge in [-0.3, -0.25) is 24.5 Å². The predicted octanol–water partition coefficient (Wildman–Crippen LogP) is 0.386. The van der Waals surface area contributed by atoms with Gasteiger partial charge in [0.1, 0.15) is 6.04 Å². The van der Waals surface area contributed by atoms with E-state index >= 15 is 0 Å². The van der Waals surface area contributed by atoms with Crippen LogP contribution in [0.1, 0.15) is 27.0 Å². The third kappa shape index (κ3) is 4.49. The van der Waals surface area contributed by atoms with E-state index in [9.17, 15) is 28.0 Å². The number of amides is 4. The molecule has 0 spiro atoms. The maximum absolute atomic E-state index is 14.9. The van der Waals surface area contributed by atoms with Crippen LogP contribution in [0, 0.1) is 0 Å². The largest absolute Gasteiger partial charge is 0.398 e. The third-order valence-corrected chi connectivity index (χ3v) is 6.68. The molecule has 2 aliphatic rings. The Morgan fingerprint density at radius 2 is 1.62 bits per heavy atom. The Morgan fingerprint density at radius 1 is 1.03 bits per heavy atom. The zero-order valence-electron chi connectivity index (χ0n) is 19.0. The lowest BCUT2D eigenvalue weighted by Crippen LogP contribution is -2.57. The summed E-state index contributed by atoms with van der Waals surface area (Å²) in [5.74, 6) is -10.5. The van der Waals surface area contributed by atoms with Gasteiger partial charge in [-0.2, -0.15) is 8.78 Å². The molecule has 0 aromatic heterocycles. The molecule has 3 atom stereocenters. The number of benzene rings is 2. The Bertz CT molecular complexity index is 1310. The van der Waals surface area contributed by atoms with E-state index in [1.165, 1.54) is 30.3 Å². The molecule has 2 aromatic carbocycles. The van der Waals surface area contributed by atoms with Gasteiger partial charge in [-0.25, -0.2) is 0 Å². The highest BCUT2D eigenvalue weighted by atomic mass is 35.5. The van der Waals surface area contributed by atoms with Crippen molar-refractivity contribution < 1.29 is 28.0 Å². The molecule has 2 heterocycles. The lowest BCUT2D eigenvalue weighted by Gasteiger charge is -2.40. The molecule has 7 nitrogen and oxygen atoms in total. The van der Waals surface area contributed by atoms with Crippen LogP contribution in [0.3, 0.4) is 0 Å². The molecular weight excluding hydrogens is 498 g/mol. The molecule has 4 amide bonds. The Morgan fingerprint density at radius 3 is 2.24 bits per heavy atom. The molecule has 0 aliphatic carbocycles. The van der Waals surface area contributed by atoms with Crippen molar-refractivity contribution in [1.82, 2.24) is 15.0 Å². The number of halogens is 3. The summed E-state index contributed by atoms with van der Waals surface area (Å²) in [6.45, 7) is -0.162. The van der Waals surface area contributed by atoms with E-state index in [0.717, 1.165) is 17.0 Å². The lowest BCUT2D eigenvalue weighted by atomic mass is 9.55. The summed E-state index contributed by atoms with van der Waals surface area (Å²) in [6.07, 6.45) is 0. The number of rotatable bonds is 5. The molecule has 0 bridgehead atoms. The van der Waals surface area contributed by atoms with E-state index in [-0.39, 0.29) is 27.5 Å². The van der Waals surface area contributed by atoms with Gasteiger partial charge in [-0.1, -0.05) is 35.9 Å². The van der Waals surface area contributed by atoms with E-state index < -0.39 is 58.1 Å². The number of hydrogen-bond donors (Lipinski definition) is 1. The first-order valence-corrected chi connectivity index (χ1v) is 11.2. The van der Waals surface area contributed by atoms with Crippen LogP contribution in [0.15, 0.2) is 42.5 Å². The van der Waals surface area contributed by atoms with Crippen LogP contribution in [0.4, 0.5) is 8.78 Å². The van der Waals surface area contributed by atoms with Crippen molar-refractivity contribution in [2.24, 2.45) is 0 Å². The molecular formula is C22H13B5ClF2N3O4. The first-order valence-electron chi connectivity index (χ1n) is 10.8. The molecule has 15 heteroatoms. The van der Waals surface area contributed by atoms with Crippen molar-refractivity contribution in [2.75, 3.05) is 0 Å². The van der Waals surface area contributed by atoms with Crippen molar-refractivity contribution >= 4 is 74.6 Å². The molecule has 1 saturated heterocycles. The minimum atomic E-state index is -4.09. The predicted molar refractivity (Wildman–Crippen MR) is 133 cm³/mol. The van der Waals surface area contributed by atoms with Crippen LogP contribution >= 0.6 is 11.6 Å². The number of nitrogens with one attached hydrogen (secondary N) is 1. The van der Waals surface area contributed by atoms with Gasteiger partial charge in [0.25, 0.3) is 11.8 Å². The normalized spacial score (nSPS) is 22.0. The van der Waals surface area contributed by atoms with Crippen molar-refractivity contribution in [1.29, 1.82) is 0 Å². The smallest absolute Gasteiger partial charge is 0.348 e. The summed E-state index contributed by atoms with van der Waals surface area (Å²) in [5, 5.41) is -0.167. The average Bonchev–Trinajstić information content (AvgIpc) is 3.17. The SMILES string of the molecule is [B]C1C(=O)NC(=O)C(N2Cc3cc(C([B])([B])N([B])C(=O)C(F)(F)c4ccc(Cl)cc4)ccc3C2=O)C1[B]. The van der Waals surface area contributed by atoms with Crippen LogP contribution in [0.5, 0.6) is 0 Å². The summed E-state index contributed by atoms with van der Waals surface area (Å²) in [5.41, 5.74) is -0.306. The second-order valence-electron chi connectivity index (χ2n) is 8.79. The maximum atomic E-state index is 14.9. The van der Waals surface area contributed by atoms with Gasteiger partial charge in [-0.15, -0.1) is 0 Å². The minimum Gasteiger partial charge on any atom is -0.398 e. The standard InChI is InChI=1S/C22H13B5ClF2N3O4/c23-14-15(24)17(34)31-18(35)16(14)32-8-9-7-11(3-6-13(9)19(32)36)22(25,26)33(27)20(37)21(29,30)10-1-4-12(28)5-2-10/h1-7,14-16H,8H2,(H,31,34,35). The molecule has 3 unspecified atom stereocenters. The topological polar surface area (TPSA) is 86.8 Å². The molecule has 0 saturated carbocycles. The second kappa shape index (κ2) is 9.38. The van der Waals surface area contributed by atoms with Gasteiger partial charge >= 0.3 is 5.92 Å². The van der Waals surface area contributed by atoms with E-state index in [1.54, 1.807) is 0 Å². The Kier molecular flexibility index (Phi) is 6.86. The zero-order valence-corrected chi connectivity index (χ0v) is 19.8. The Balaban J connectivity index is 1.60.